The van der Waals surface area contributed by atoms with Crippen LogP contribution in [0.3, 0.4) is 0 Å². The Morgan fingerprint density at radius 1 is 1.24 bits per heavy atom. The van der Waals surface area contributed by atoms with E-state index in [0.717, 1.165) is 24.1 Å². The molecule has 172 valence electrons. The fourth-order valence-corrected chi connectivity index (χ4v) is 4.49. The van der Waals surface area contributed by atoms with Gasteiger partial charge in [-0.3, -0.25) is 19.1 Å². The monoisotopic (exact) mass is 468 g/mol. The lowest BCUT2D eigenvalue weighted by Crippen LogP contribution is -2.43. The highest BCUT2D eigenvalue weighted by Crippen LogP contribution is 2.40. The van der Waals surface area contributed by atoms with Crippen molar-refractivity contribution >= 4 is 28.5 Å². The number of nitrogens with zero attached hydrogens (tertiary/aromatic N) is 3. The van der Waals surface area contributed by atoms with Crippen LogP contribution in [0.1, 0.15) is 59.8 Å². The van der Waals surface area contributed by atoms with Gasteiger partial charge in [0, 0.05) is 29.7 Å². The van der Waals surface area contributed by atoms with Crippen molar-refractivity contribution in [2.45, 2.75) is 44.8 Å². The number of aromatic nitrogens is 3. The van der Waals surface area contributed by atoms with E-state index in [1.807, 2.05) is 19.1 Å². The summed E-state index contributed by atoms with van der Waals surface area (Å²) in [4.78, 5) is 47.8. The van der Waals surface area contributed by atoms with Gasteiger partial charge in [-0.2, -0.15) is 0 Å². The molecule has 3 aromatic rings. The lowest BCUT2D eigenvalue weighted by atomic mass is 10.0. The van der Waals surface area contributed by atoms with Gasteiger partial charge in [-0.05, 0) is 43.0 Å². The number of halogens is 1. The zero-order valence-corrected chi connectivity index (χ0v) is 19.1. The zero-order valence-electron chi connectivity index (χ0n) is 18.3. The minimum atomic E-state index is -0.580. The lowest BCUT2D eigenvalue weighted by Gasteiger charge is -2.33. The summed E-state index contributed by atoms with van der Waals surface area (Å²) < 4.78 is 7.37. The summed E-state index contributed by atoms with van der Waals surface area (Å²) in [6, 6.07) is 9.12. The van der Waals surface area contributed by atoms with Crippen LogP contribution in [0.15, 0.2) is 39.9 Å². The van der Waals surface area contributed by atoms with E-state index in [1.54, 1.807) is 23.1 Å². The molecule has 1 atom stereocenters. The predicted octanol–water partition coefficient (Wildman–Crippen LogP) is 3.24. The molecule has 2 aromatic heterocycles. The predicted molar refractivity (Wildman–Crippen MR) is 125 cm³/mol. The second-order valence-electron chi connectivity index (χ2n) is 8.64. The first-order chi connectivity index (χ1) is 16.0. The minimum absolute atomic E-state index is 0.173. The number of pyridine rings is 1. The number of hydrogen-bond acceptors (Lipinski definition) is 5. The number of carbonyl (C=O) groups excluding carboxylic acids is 1. The molecule has 0 radical (unpaired) electrons. The van der Waals surface area contributed by atoms with Gasteiger partial charge >= 0.3 is 5.69 Å². The van der Waals surface area contributed by atoms with Crippen LogP contribution < -0.4 is 11.2 Å². The highest BCUT2D eigenvalue weighted by molar-refractivity contribution is 6.30. The number of nitrogens with one attached hydrogen (secondary N) is 1. The zero-order chi connectivity index (χ0) is 23.1. The SMILES string of the molecule is CCCn1c(=O)[nH]c(=O)c2c(C(=O)N3CCOC(c4ccc(Cl)cc4)C3)cc(C3CC3)nc21. The quantitative estimate of drug-likeness (QED) is 0.620. The summed E-state index contributed by atoms with van der Waals surface area (Å²) in [6.07, 6.45) is 2.39. The highest BCUT2D eigenvalue weighted by atomic mass is 35.5. The molecule has 1 aromatic carbocycles. The molecule has 1 N–H and O–H groups in total. The molecule has 1 amide bonds. The normalized spacial score (nSPS) is 18.6. The maximum absolute atomic E-state index is 13.7. The number of carbonyl (C=O) groups is 1. The number of hydrogen-bond donors (Lipinski definition) is 1. The number of rotatable bonds is 5. The van der Waals surface area contributed by atoms with Gasteiger partial charge in [0.2, 0.25) is 0 Å². The molecule has 1 aliphatic heterocycles. The highest BCUT2D eigenvalue weighted by Gasteiger charge is 2.32. The molecule has 1 saturated heterocycles. The van der Waals surface area contributed by atoms with E-state index < -0.39 is 11.2 Å². The summed E-state index contributed by atoms with van der Waals surface area (Å²) in [7, 11) is 0. The van der Waals surface area contributed by atoms with Gasteiger partial charge in [0.25, 0.3) is 11.5 Å². The molecule has 0 bridgehead atoms. The molecule has 33 heavy (non-hydrogen) atoms. The third kappa shape index (κ3) is 4.20. The van der Waals surface area contributed by atoms with E-state index in [-0.39, 0.29) is 23.3 Å². The maximum Gasteiger partial charge on any atom is 0.329 e. The Morgan fingerprint density at radius 3 is 2.70 bits per heavy atom. The largest absolute Gasteiger partial charge is 0.370 e. The maximum atomic E-state index is 13.7. The third-order valence-electron chi connectivity index (χ3n) is 6.24. The van der Waals surface area contributed by atoms with Gasteiger partial charge in [0.15, 0.2) is 5.65 Å². The smallest absolute Gasteiger partial charge is 0.329 e. The summed E-state index contributed by atoms with van der Waals surface area (Å²) in [5.41, 5.74) is 1.21. The van der Waals surface area contributed by atoms with E-state index >= 15 is 0 Å². The standard InChI is InChI=1S/C24H25ClN4O4/c1-2-9-29-21-20(22(30)27-24(29)32)17(12-18(26-21)14-3-4-14)23(31)28-10-11-33-19(13-28)15-5-7-16(25)8-6-15/h5-8,12,14,19H,2-4,9-11,13H2,1H3,(H,27,30,32). The molecule has 1 unspecified atom stereocenters. The Kier molecular flexibility index (Phi) is 5.80. The first-order valence-corrected chi connectivity index (χ1v) is 11.7. The second-order valence-corrected chi connectivity index (χ2v) is 9.08. The summed E-state index contributed by atoms with van der Waals surface area (Å²) in [6.45, 7) is 3.52. The molecule has 5 rings (SSSR count). The summed E-state index contributed by atoms with van der Waals surface area (Å²) in [5, 5.41) is 0.808. The Bertz CT molecular complexity index is 1330. The van der Waals surface area contributed by atoms with Crippen LogP contribution in [0.4, 0.5) is 0 Å². The van der Waals surface area contributed by atoms with Gasteiger partial charge < -0.3 is 9.64 Å². The van der Waals surface area contributed by atoms with Gasteiger partial charge in [0.05, 0.1) is 24.1 Å². The minimum Gasteiger partial charge on any atom is -0.370 e. The van der Waals surface area contributed by atoms with Crippen molar-refractivity contribution in [2.75, 3.05) is 19.7 Å². The van der Waals surface area contributed by atoms with E-state index in [1.165, 1.54) is 4.57 Å². The molecule has 2 fully saturated rings. The fraction of sp³-hybridized carbons (Fsp3) is 0.417. The second kappa shape index (κ2) is 8.76. The Balaban J connectivity index is 1.57. The number of amides is 1. The van der Waals surface area contributed by atoms with Crippen LogP contribution in [-0.4, -0.2) is 45.0 Å². The molecular weight excluding hydrogens is 444 g/mol. The fourth-order valence-electron chi connectivity index (χ4n) is 4.36. The molecule has 3 heterocycles. The molecule has 1 aliphatic carbocycles. The van der Waals surface area contributed by atoms with Gasteiger partial charge in [-0.1, -0.05) is 30.7 Å². The summed E-state index contributed by atoms with van der Waals surface area (Å²) in [5.74, 6) is 0.00989. The van der Waals surface area contributed by atoms with Crippen LogP contribution in [0.25, 0.3) is 11.0 Å². The Hall–Kier alpha value is -2.97. The van der Waals surface area contributed by atoms with Crippen LogP contribution in [0.2, 0.25) is 5.02 Å². The number of ether oxygens (including phenoxy) is 1. The number of aryl methyl sites for hydroxylation is 1. The van der Waals surface area contributed by atoms with E-state index in [2.05, 4.69) is 9.97 Å². The molecule has 2 aliphatic rings. The van der Waals surface area contributed by atoms with Crippen molar-refractivity contribution in [3.05, 3.63) is 73.0 Å². The van der Waals surface area contributed by atoms with E-state index in [9.17, 15) is 14.4 Å². The van der Waals surface area contributed by atoms with Crippen LogP contribution in [0, 0.1) is 0 Å². The van der Waals surface area contributed by atoms with E-state index in [0.29, 0.717) is 48.9 Å². The van der Waals surface area contributed by atoms with Gasteiger partial charge in [-0.15, -0.1) is 0 Å². The van der Waals surface area contributed by atoms with Crippen LogP contribution >= 0.6 is 11.6 Å². The van der Waals surface area contributed by atoms with Crippen molar-refractivity contribution in [2.24, 2.45) is 0 Å². The van der Waals surface area contributed by atoms with Gasteiger partial charge in [0.1, 0.15) is 6.10 Å². The topological polar surface area (TPSA) is 97.3 Å². The first kappa shape index (κ1) is 21.9. The third-order valence-corrected chi connectivity index (χ3v) is 6.49. The molecular formula is C24H25ClN4O4. The number of H-pyrrole nitrogens is 1. The number of morpholine rings is 1. The number of benzene rings is 1. The van der Waals surface area contributed by atoms with Crippen LogP contribution in [-0.2, 0) is 11.3 Å². The average molecular weight is 469 g/mol. The molecule has 1 saturated carbocycles. The van der Waals surface area contributed by atoms with Crippen LogP contribution in [0.5, 0.6) is 0 Å². The summed E-state index contributed by atoms with van der Waals surface area (Å²) >= 11 is 6.00. The molecule has 9 heteroatoms. The Labute approximate surface area is 195 Å². The first-order valence-electron chi connectivity index (χ1n) is 11.3. The van der Waals surface area contributed by atoms with Crippen molar-refractivity contribution in [3.63, 3.8) is 0 Å². The van der Waals surface area contributed by atoms with Crippen molar-refractivity contribution in [1.82, 2.24) is 19.4 Å². The van der Waals surface area contributed by atoms with Crippen molar-refractivity contribution < 1.29 is 9.53 Å². The Morgan fingerprint density at radius 2 is 2.00 bits per heavy atom. The number of aromatic amines is 1. The van der Waals surface area contributed by atoms with Crippen molar-refractivity contribution in [3.8, 4) is 0 Å². The lowest BCUT2D eigenvalue weighted by molar-refractivity contribution is -0.0227. The number of fused-ring (bicyclic) bond motifs is 1. The van der Waals surface area contributed by atoms with Crippen molar-refractivity contribution in [1.29, 1.82) is 0 Å². The molecule has 8 nitrogen and oxygen atoms in total. The van der Waals surface area contributed by atoms with E-state index in [4.69, 9.17) is 16.3 Å². The van der Waals surface area contributed by atoms with Gasteiger partial charge in [-0.25, -0.2) is 9.78 Å². The average Bonchev–Trinajstić information content (AvgIpc) is 3.66. The molecule has 0 spiro atoms.